The number of halogens is 1. The van der Waals surface area contributed by atoms with Gasteiger partial charge in [0.1, 0.15) is 5.88 Å². The van der Waals surface area contributed by atoms with E-state index >= 15 is 0 Å². The molecule has 22 heavy (non-hydrogen) atoms. The number of hydrogen-bond donors (Lipinski definition) is 1. The summed E-state index contributed by atoms with van der Waals surface area (Å²) in [5.41, 5.74) is 1.83. The predicted molar refractivity (Wildman–Crippen MR) is 86.5 cm³/mol. The average Bonchev–Trinajstić information content (AvgIpc) is 2.56. The smallest absolute Gasteiger partial charge is 0.319 e. The van der Waals surface area contributed by atoms with Gasteiger partial charge in [-0.2, -0.15) is 0 Å². The largest absolute Gasteiger partial charge is 0.468 e. The van der Waals surface area contributed by atoms with Gasteiger partial charge in [-0.3, -0.25) is 14.5 Å². The standard InChI is InChI=1S/C15H20ClN3O3/c1-22-15(21)11-18-6-8-19(9-7-18)13-4-2-12(3-5-13)17-14(20)10-16/h2-5H,6-11H2,1H3,(H,17,20). The Morgan fingerprint density at radius 1 is 1.18 bits per heavy atom. The van der Waals surface area contributed by atoms with Crippen molar-refractivity contribution < 1.29 is 14.3 Å². The van der Waals surface area contributed by atoms with Gasteiger partial charge in [-0.1, -0.05) is 0 Å². The van der Waals surface area contributed by atoms with Crippen LogP contribution in [0.1, 0.15) is 0 Å². The van der Waals surface area contributed by atoms with Gasteiger partial charge in [0.15, 0.2) is 0 Å². The van der Waals surface area contributed by atoms with Crippen LogP contribution in [-0.4, -0.2) is 62.5 Å². The maximum atomic E-state index is 11.3. The minimum Gasteiger partial charge on any atom is -0.468 e. The number of ether oxygens (including phenoxy) is 1. The molecule has 0 aromatic heterocycles. The highest BCUT2D eigenvalue weighted by atomic mass is 35.5. The zero-order valence-corrected chi connectivity index (χ0v) is 13.3. The first-order chi connectivity index (χ1) is 10.6. The van der Waals surface area contributed by atoms with E-state index in [9.17, 15) is 9.59 Å². The Kier molecular flexibility index (Phi) is 6.03. The van der Waals surface area contributed by atoms with E-state index in [2.05, 4.69) is 19.9 Å². The minimum atomic E-state index is -0.217. The fourth-order valence-corrected chi connectivity index (χ4v) is 2.43. The van der Waals surface area contributed by atoms with E-state index < -0.39 is 0 Å². The number of benzene rings is 1. The molecule has 0 aliphatic carbocycles. The number of rotatable bonds is 5. The van der Waals surface area contributed by atoms with Gasteiger partial charge in [-0.05, 0) is 24.3 Å². The van der Waals surface area contributed by atoms with Crippen LogP contribution in [0, 0.1) is 0 Å². The van der Waals surface area contributed by atoms with E-state index in [1.807, 2.05) is 24.3 Å². The first kappa shape index (κ1) is 16.6. The van der Waals surface area contributed by atoms with Crippen molar-refractivity contribution in [2.24, 2.45) is 0 Å². The lowest BCUT2D eigenvalue weighted by atomic mass is 10.2. The number of carbonyl (C=O) groups excluding carboxylic acids is 2. The van der Waals surface area contributed by atoms with Crippen LogP contribution in [0.2, 0.25) is 0 Å². The van der Waals surface area contributed by atoms with Gasteiger partial charge in [0, 0.05) is 37.6 Å². The topological polar surface area (TPSA) is 61.9 Å². The van der Waals surface area contributed by atoms with E-state index in [0.717, 1.165) is 37.6 Å². The molecular formula is C15H20ClN3O3. The molecule has 1 aromatic rings. The number of nitrogens with zero attached hydrogens (tertiary/aromatic N) is 2. The highest BCUT2D eigenvalue weighted by molar-refractivity contribution is 6.29. The minimum absolute atomic E-state index is 0.0517. The van der Waals surface area contributed by atoms with Gasteiger partial charge in [-0.15, -0.1) is 11.6 Å². The molecule has 1 aliphatic rings. The number of methoxy groups -OCH3 is 1. The van der Waals surface area contributed by atoms with Crippen molar-refractivity contribution in [3.05, 3.63) is 24.3 Å². The summed E-state index contributed by atoms with van der Waals surface area (Å²) in [6.07, 6.45) is 0. The third-order valence-electron chi connectivity index (χ3n) is 3.59. The van der Waals surface area contributed by atoms with E-state index in [0.29, 0.717) is 6.54 Å². The normalized spacial score (nSPS) is 15.5. The lowest BCUT2D eigenvalue weighted by Crippen LogP contribution is -2.48. The van der Waals surface area contributed by atoms with Crippen molar-refractivity contribution in [2.45, 2.75) is 0 Å². The molecule has 0 radical (unpaired) electrons. The molecule has 0 bridgehead atoms. The van der Waals surface area contributed by atoms with Crippen molar-refractivity contribution >= 4 is 34.9 Å². The quantitative estimate of drug-likeness (QED) is 0.650. The van der Waals surface area contributed by atoms with Gasteiger partial charge >= 0.3 is 5.97 Å². The summed E-state index contributed by atoms with van der Waals surface area (Å²) < 4.78 is 4.68. The Morgan fingerprint density at radius 2 is 1.82 bits per heavy atom. The molecular weight excluding hydrogens is 306 g/mol. The van der Waals surface area contributed by atoms with E-state index in [1.165, 1.54) is 7.11 Å². The SMILES string of the molecule is COC(=O)CN1CCN(c2ccc(NC(=O)CCl)cc2)CC1. The lowest BCUT2D eigenvalue weighted by molar-refractivity contribution is -0.142. The van der Waals surface area contributed by atoms with Crippen molar-refractivity contribution in [1.29, 1.82) is 0 Å². The third-order valence-corrected chi connectivity index (χ3v) is 3.83. The second-order valence-corrected chi connectivity index (χ2v) is 5.34. The molecule has 6 nitrogen and oxygen atoms in total. The third kappa shape index (κ3) is 4.61. The van der Waals surface area contributed by atoms with Crippen molar-refractivity contribution in [3.8, 4) is 0 Å². The summed E-state index contributed by atoms with van der Waals surface area (Å²) in [5, 5.41) is 2.71. The summed E-state index contributed by atoms with van der Waals surface area (Å²) in [6, 6.07) is 7.67. The summed E-state index contributed by atoms with van der Waals surface area (Å²) >= 11 is 5.46. The summed E-state index contributed by atoms with van der Waals surface area (Å²) in [6.45, 7) is 3.68. The fraction of sp³-hybridized carbons (Fsp3) is 0.467. The summed E-state index contributed by atoms with van der Waals surface area (Å²) in [5.74, 6) is -0.470. The van der Waals surface area contributed by atoms with Gasteiger partial charge in [0.2, 0.25) is 5.91 Å². The Morgan fingerprint density at radius 3 is 2.36 bits per heavy atom. The predicted octanol–water partition coefficient (Wildman–Crippen LogP) is 1.16. The monoisotopic (exact) mass is 325 g/mol. The number of alkyl halides is 1. The number of hydrogen-bond acceptors (Lipinski definition) is 5. The molecule has 1 fully saturated rings. The molecule has 0 spiro atoms. The maximum Gasteiger partial charge on any atom is 0.319 e. The molecule has 1 amide bonds. The van der Waals surface area contributed by atoms with Crippen LogP contribution in [0.5, 0.6) is 0 Å². The molecule has 1 N–H and O–H groups in total. The number of nitrogens with one attached hydrogen (secondary N) is 1. The molecule has 7 heteroatoms. The molecule has 0 saturated carbocycles. The first-order valence-corrected chi connectivity index (χ1v) is 7.66. The Balaban J connectivity index is 1.86. The molecule has 1 aliphatic heterocycles. The molecule has 1 heterocycles. The summed E-state index contributed by atoms with van der Waals surface area (Å²) in [4.78, 5) is 26.8. The van der Waals surface area contributed by atoms with E-state index in [1.54, 1.807) is 0 Å². The Bertz CT molecular complexity index is 513. The highest BCUT2D eigenvalue weighted by Crippen LogP contribution is 2.19. The Hall–Kier alpha value is -1.79. The van der Waals surface area contributed by atoms with Gasteiger partial charge in [-0.25, -0.2) is 0 Å². The molecule has 0 unspecified atom stereocenters. The van der Waals surface area contributed by atoms with Crippen LogP contribution in [0.15, 0.2) is 24.3 Å². The second kappa shape index (κ2) is 8.00. The zero-order chi connectivity index (χ0) is 15.9. The molecule has 0 atom stereocenters. The Labute approximate surface area is 135 Å². The van der Waals surface area contributed by atoms with Crippen LogP contribution >= 0.6 is 11.6 Å². The first-order valence-electron chi connectivity index (χ1n) is 7.12. The number of esters is 1. The number of anilines is 2. The molecule has 2 rings (SSSR count). The fourth-order valence-electron chi connectivity index (χ4n) is 2.36. The van der Waals surface area contributed by atoms with Crippen LogP contribution in [0.4, 0.5) is 11.4 Å². The van der Waals surface area contributed by atoms with Gasteiger partial charge in [0.05, 0.1) is 13.7 Å². The average molecular weight is 326 g/mol. The van der Waals surface area contributed by atoms with Crippen LogP contribution in [0.3, 0.4) is 0 Å². The second-order valence-electron chi connectivity index (χ2n) is 5.07. The van der Waals surface area contributed by atoms with E-state index in [-0.39, 0.29) is 17.8 Å². The van der Waals surface area contributed by atoms with Gasteiger partial charge < -0.3 is 15.0 Å². The van der Waals surface area contributed by atoms with Crippen molar-refractivity contribution in [1.82, 2.24) is 4.90 Å². The van der Waals surface area contributed by atoms with Crippen LogP contribution < -0.4 is 10.2 Å². The molecule has 1 aromatic carbocycles. The summed E-state index contributed by atoms with van der Waals surface area (Å²) in [7, 11) is 1.41. The van der Waals surface area contributed by atoms with Crippen LogP contribution in [-0.2, 0) is 14.3 Å². The zero-order valence-electron chi connectivity index (χ0n) is 12.5. The van der Waals surface area contributed by atoms with Gasteiger partial charge in [0.25, 0.3) is 0 Å². The van der Waals surface area contributed by atoms with Crippen LogP contribution in [0.25, 0.3) is 0 Å². The molecule has 120 valence electrons. The highest BCUT2D eigenvalue weighted by Gasteiger charge is 2.19. The number of carbonyl (C=O) groups is 2. The molecule has 1 saturated heterocycles. The van der Waals surface area contributed by atoms with Crippen molar-refractivity contribution in [3.63, 3.8) is 0 Å². The number of piperazine rings is 1. The number of amides is 1. The maximum absolute atomic E-state index is 11.3. The van der Waals surface area contributed by atoms with Crippen molar-refractivity contribution in [2.75, 3.05) is 55.9 Å². The lowest BCUT2D eigenvalue weighted by Gasteiger charge is -2.35. The van der Waals surface area contributed by atoms with E-state index in [4.69, 9.17) is 11.6 Å².